The third-order valence-electron chi connectivity index (χ3n) is 6.09. The Labute approximate surface area is 206 Å². The maximum absolute atomic E-state index is 14.9. The highest BCUT2D eigenvalue weighted by Crippen LogP contribution is 2.63. The summed E-state index contributed by atoms with van der Waals surface area (Å²) in [4.78, 5) is 11.0. The number of nitro groups is 1. The molecule has 8 nitrogen and oxygen atoms in total. The van der Waals surface area contributed by atoms with Crippen LogP contribution in [0.15, 0.2) is 54.6 Å². The first-order valence-electron chi connectivity index (χ1n) is 11.5. The fourth-order valence-electron chi connectivity index (χ4n) is 3.93. The summed E-state index contributed by atoms with van der Waals surface area (Å²) in [6, 6.07) is 12.6. The molecule has 0 spiro atoms. The van der Waals surface area contributed by atoms with Crippen LogP contribution >= 0.6 is 7.67 Å². The van der Waals surface area contributed by atoms with Crippen molar-refractivity contribution >= 4 is 13.4 Å². The van der Waals surface area contributed by atoms with E-state index in [0.717, 1.165) is 6.07 Å². The molecule has 3 aromatic rings. The minimum atomic E-state index is -3.11. The average Bonchev–Trinajstić information content (AvgIpc) is 3.72. The van der Waals surface area contributed by atoms with E-state index in [0.29, 0.717) is 37.3 Å². The summed E-state index contributed by atoms with van der Waals surface area (Å²) in [6.45, 7) is 6.24. The molecule has 36 heavy (non-hydrogen) atoms. The highest BCUT2D eigenvalue weighted by Gasteiger charge is 2.50. The van der Waals surface area contributed by atoms with E-state index in [1.54, 1.807) is 29.3 Å². The van der Waals surface area contributed by atoms with Crippen LogP contribution in [0.4, 0.5) is 14.5 Å². The molecule has 2 saturated heterocycles. The lowest BCUT2D eigenvalue weighted by molar-refractivity contribution is -0.385. The van der Waals surface area contributed by atoms with Gasteiger partial charge >= 0.3 is 13.4 Å². The Kier molecular flexibility index (Phi) is 6.38. The SMILES string of the molecule is Cc1ccc(-c2ccc(Oc3cc(C(C)OP(=O)(N4CC4)N4CC4)ccc3[N+](=O)[O-])cc2F)c(F)c1. The molecule has 2 aliphatic rings. The second-order valence-corrected chi connectivity index (χ2v) is 11.2. The van der Waals surface area contributed by atoms with Crippen LogP contribution in [0, 0.1) is 28.7 Å². The second-order valence-electron chi connectivity index (χ2n) is 8.86. The summed E-state index contributed by atoms with van der Waals surface area (Å²) in [5.41, 5.74) is 1.07. The third-order valence-corrected chi connectivity index (χ3v) is 8.91. The molecular formula is C25H24F2N3O5P. The van der Waals surface area contributed by atoms with E-state index in [-0.39, 0.29) is 28.3 Å². The number of benzene rings is 3. The van der Waals surface area contributed by atoms with Crippen molar-refractivity contribution in [3.63, 3.8) is 0 Å². The van der Waals surface area contributed by atoms with Gasteiger partial charge in [-0.3, -0.25) is 19.2 Å². The first-order valence-corrected chi connectivity index (χ1v) is 13.0. The van der Waals surface area contributed by atoms with E-state index in [4.69, 9.17) is 9.26 Å². The molecule has 11 heteroatoms. The molecule has 2 fully saturated rings. The van der Waals surface area contributed by atoms with Crippen LogP contribution in [0.25, 0.3) is 11.1 Å². The molecule has 0 saturated carbocycles. The van der Waals surface area contributed by atoms with Crippen molar-refractivity contribution < 1.29 is 27.5 Å². The zero-order valence-corrected chi connectivity index (χ0v) is 20.6. The molecule has 188 valence electrons. The van der Waals surface area contributed by atoms with Crippen LogP contribution in [-0.2, 0) is 9.09 Å². The molecule has 0 amide bonds. The van der Waals surface area contributed by atoms with Crippen LogP contribution in [-0.4, -0.2) is 40.4 Å². The lowest BCUT2D eigenvalue weighted by atomic mass is 10.0. The van der Waals surface area contributed by atoms with Gasteiger partial charge in [0.15, 0.2) is 0 Å². The van der Waals surface area contributed by atoms with E-state index < -0.39 is 30.3 Å². The Hall–Kier alpha value is -3.17. The molecule has 0 bridgehead atoms. The zero-order valence-electron chi connectivity index (χ0n) is 19.7. The number of aryl methyl sites for hydroxylation is 1. The number of nitro benzene ring substituents is 1. The normalized spacial score (nSPS) is 16.6. The summed E-state index contributed by atoms with van der Waals surface area (Å²) in [5, 5.41) is 11.6. The van der Waals surface area contributed by atoms with Gasteiger partial charge in [0.05, 0.1) is 11.0 Å². The maximum atomic E-state index is 14.9. The molecule has 0 N–H and O–H groups in total. The van der Waals surface area contributed by atoms with Gasteiger partial charge in [0.2, 0.25) is 5.75 Å². The van der Waals surface area contributed by atoms with Crippen LogP contribution in [0.5, 0.6) is 11.5 Å². The summed E-state index contributed by atoms with van der Waals surface area (Å²) in [5.74, 6) is -1.39. The molecule has 0 aromatic heterocycles. The van der Waals surface area contributed by atoms with Gasteiger partial charge in [-0.1, -0.05) is 12.1 Å². The van der Waals surface area contributed by atoms with Gasteiger partial charge in [-0.25, -0.2) is 18.1 Å². The van der Waals surface area contributed by atoms with Gasteiger partial charge < -0.3 is 4.74 Å². The quantitative estimate of drug-likeness (QED) is 0.140. The minimum Gasteiger partial charge on any atom is -0.450 e. The number of hydrogen-bond donors (Lipinski definition) is 0. The van der Waals surface area contributed by atoms with Crippen LogP contribution < -0.4 is 4.74 Å². The lowest BCUT2D eigenvalue weighted by Gasteiger charge is -2.24. The fraction of sp³-hybridized carbons (Fsp3) is 0.280. The molecule has 1 atom stereocenters. The smallest absolute Gasteiger partial charge is 0.346 e. The van der Waals surface area contributed by atoms with Gasteiger partial charge in [0, 0.05) is 49.4 Å². The predicted octanol–water partition coefficient (Wildman–Crippen LogP) is 6.46. The molecule has 0 radical (unpaired) electrons. The van der Waals surface area contributed by atoms with Crippen LogP contribution in [0.3, 0.4) is 0 Å². The summed E-state index contributed by atoms with van der Waals surface area (Å²) in [7, 11) is -3.11. The van der Waals surface area contributed by atoms with E-state index >= 15 is 0 Å². The van der Waals surface area contributed by atoms with Crippen molar-refractivity contribution in [2.24, 2.45) is 0 Å². The van der Waals surface area contributed by atoms with Gasteiger partial charge in [0.1, 0.15) is 17.4 Å². The van der Waals surface area contributed by atoms with E-state index in [1.165, 1.54) is 42.5 Å². The Balaban J connectivity index is 1.41. The number of nitrogens with zero attached hydrogens (tertiary/aromatic N) is 3. The first-order chi connectivity index (χ1) is 17.2. The van der Waals surface area contributed by atoms with Crippen molar-refractivity contribution in [1.82, 2.24) is 9.34 Å². The van der Waals surface area contributed by atoms with Crippen molar-refractivity contribution in [1.29, 1.82) is 0 Å². The molecule has 5 rings (SSSR count). The average molecular weight is 515 g/mol. The molecular weight excluding hydrogens is 491 g/mol. The van der Waals surface area contributed by atoms with Crippen molar-refractivity contribution in [2.45, 2.75) is 20.0 Å². The fourth-order valence-corrected chi connectivity index (χ4v) is 6.28. The first kappa shape index (κ1) is 24.5. The number of ether oxygens (including phenoxy) is 1. The van der Waals surface area contributed by atoms with Crippen LogP contribution in [0.1, 0.15) is 24.2 Å². The van der Waals surface area contributed by atoms with E-state index in [2.05, 4.69) is 0 Å². The van der Waals surface area contributed by atoms with Gasteiger partial charge in [-0.15, -0.1) is 0 Å². The standard InChI is InChI=1S/C25H24F2N3O5P/c1-16-3-6-20(22(26)13-16)21-7-5-19(15-23(21)27)34-25-14-18(4-8-24(25)30(31)32)17(2)35-36(33,28-9-10-28)29-11-12-29/h3-8,13-15,17H,9-12H2,1-2H3. The van der Waals surface area contributed by atoms with Gasteiger partial charge in [-0.05, 0) is 55.3 Å². The van der Waals surface area contributed by atoms with Crippen molar-refractivity contribution in [3.8, 4) is 22.6 Å². The van der Waals surface area contributed by atoms with Crippen LogP contribution in [0.2, 0.25) is 0 Å². The van der Waals surface area contributed by atoms with Gasteiger partial charge in [0.25, 0.3) is 0 Å². The molecule has 0 aliphatic carbocycles. The summed E-state index contributed by atoms with van der Waals surface area (Å²) < 4.78 is 57.8. The number of rotatable bonds is 9. The predicted molar refractivity (Wildman–Crippen MR) is 130 cm³/mol. The number of hydrogen-bond acceptors (Lipinski definition) is 5. The van der Waals surface area contributed by atoms with E-state index in [1.807, 2.05) is 0 Å². The Morgan fingerprint density at radius 1 is 0.944 bits per heavy atom. The molecule has 1 unspecified atom stereocenters. The molecule has 2 heterocycles. The number of halogens is 2. The van der Waals surface area contributed by atoms with Crippen molar-refractivity contribution in [2.75, 3.05) is 26.2 Å². The highest BCUT2D eigenvalue weighted by molar-refractivity contribution is 7.54. The Bertz CT molecular complexity index is 1380. The van der Waals surface area contributed by atoms with Gasteiger partial charge in [-0.2, -0.15) is 0 Å². The summed E-state index contributed by atoms with van der Waals surface area (Å²) in [6.07, 6.45) is -0.635. The highest BCUT2D eigenvalue weighted by atomic mass is 31.2. The summed E-state index contributed by atoms with van der Waals surface area (Å²) >= 11 is 0. The Morgan fingerprint density at radius 3 is 2.11 bits per heavy atom. The van der Waals surface area contributed by atoms with E-state index in [9.17, 15) is 23.5 Å². The monoisotopic (exact) mass is 515 g/mol. The Morgan fingerprint density at radius 2 is 1.56 bits per heavy atom. The topological polar surface area (TPSA) is 84.7 Å². The van der Waals surface area contributed by atoms with Crippen molar-refractivity contribution in [3.05, 3.63) is 87.5 Å². The molecule has 2 aliphatic heterocycles. The zero-order chi connectivity index (χ0) is 25.6. The maximum Gasteiger partial charge on any atom is 0.346 e. The minimum absolute atomic E-state index is 0.0106. The third kappa shape index (κ3) is 4.90. The molecule has 3 aromatic carbocycles. The largest absolute Gasteiger partial charge is 0.450 e. The second kappa shape index (κ2) is 9.37. The lowest BCUT2D eigenvalue weighted by Crippen LogP contribution is -2.10.